The van der Waals surface area contributed by atoms with Gasteiger partial charge in [-0.2, -0.15) is 0 Å². The van der Waals surface area contributed by atoms with Crippen molar-refractivity contribution in [2.75, 3.05) is 5.32 Å². The van der Waals surface area contributed by atoms with Gasteiger partial charge in [0.15, 0.2) is 0 Å². The lowest BCUT2D eigenvalue weighted by Crippen LogP contribution is -2.11. The molecule has 0 fully saturated rings. The van der Waals surface area contributed by atoms with Gasteiger partial charge >= 0.3 is 0 Å². The van der Waals surface area contributed by atoms with Gasteiger partial charge in [-0.05, 0) is 31.2 Å². The van der Waals surface area contributed by atoms with Crippen molar-refractivity contribution in [1.82, 2.24) is 9.97 Å². The molecule has 3 rings (SSSR count). The van der Waals surface area contributed by atoms with E-state index in [0.29, 0.717) is 10.6 Å². The molecule has 1 aromatic carbocycles. The lowest BCUT2D eigenvalue weighted by atomic mass is 10.1. The molecule has 1 N–H and O–H groups in total. The van der Waals surface area contributed by atoms with Gasteiger partial charge in [-0.15, -0.1) is 11.3 Å². The van der Waals surface area contributed by atoms with Gasteiger partial charge in [0.25, 0.3) is 0 Å². The Bertz CT molecular complexity index is 1040. The first-order chi connectivity index (χ1) is 12.3. The van der Waals surface area contributed by atoms with E-state index >= 15 is 0 Å². The largest absolute Gasteiger partial charge is 0.362 e. The summed E-state index contributed by atoms with van der Waals surface area (Å²) in [6.07, 6.45) is 3.64. The highest BCUT2D eigenvalue weighted by Gasteiger charge is 2.23. The van der Waals surface area contributed by atoms with Crippen LogP contribution in [0.4, 0.5) is 10.2 Å². The number of aromatic nitrogens is 2. The van der Waals surface area contributed by atoms with Crippen molar-refractivity contribution in [1.29, 1.82) is 0 Å². The molecule has 0 amide bonds. The van der Waals surface area contributed by atoms with Crippen LogP contribution in [0.3, 0.4) is 0 Å². The molecule has 1 radical (unpaired) electrons. The highest BCUT2D eigenvalue weighted by Crippen LogP contribution is 2.30. The fraction of sp³-hybridized carbons (Fsp3) is 0.125. The van der Waals surface area contributed by atoms with E-state index in [-0.39, 0.29) is 20.1 Å². The molecule has 10 heteroatoms. The van der Waals surface area contributed by atoms with E-state index in [1.807, 2.05) is 0 Å². The summed E-state index contributed by atoms with van der Waals surface area (Å²) in [5, 5.41) is 4.88. The maximum absolute atomic E-state index is 14.0. The second-order valence-corrected chi connectivity index (χ2v) is 9.10. The van der Waals surface area contributed by atoms with Gasteiger partial charge in [0.05, 0.1) is 16.0 Å². The summed E-state index contributed by atoms with van der Waals surface area (Å²) in [7, 11) is -3.80. The minimum Gasteiger partial charge on any atom is -0.362 e. The first-order valence-electron chi connectivity index (χ1n) is 7.22. The van der Waals surface area contributed by atoms with Crippen LogP contribution < -0.4 is 5.32 Å². The van der Waals surface area contributed by atoms with Crippen LogP contribution in [-0.4, -0.2) is 18.4 Å². The number of rotatable bonds is 5. The minimum absolute atomic E-state index is 0.0842. The Hall–Kier alpha value is -1.74. The van der Waals surface area contributed by atoms with Gasteiger partial charge in [0.2, 0.25) is 14.2 Å². The van der Waals surface area contributed by atoms with Crippen LogP contribution in [0.2, 0.25) is 10.0 Å². The molecule has 1 atom stereocenters. The average molecular weight is 431 g/mol. The standard InChI is InChI=1S/C16H11Cl2FN3O2S2/c1-9(12-6-10(17)2-3-14(12)19)22-15-13(18)7-11(8-21-15)26(23,24)16-20-4-5-25-16/h2-3,5-9H,1H3,(H,21,22)/t9-/m0/s1. The molecule has 26 heavy (non-hydrogen) atoms. The van der Waals surface area contributed by atoms with Gasteiger partial charge in [0.1, 0.15) is 17.8 Å². The first kappa shape index (κ1) is 19.0. The molecule has 135 valence electrons. The number of nitrogens with zero attached hydrogens (tertiary/aromatic N) is 2. The molecule has 2 aromatic heterocycles. The Morgan fingerprint density at radius 1 is 1.31 bits per heavy atom. The number of nitrogens with one attached hydrogen (secondary N) is 1. The zero-order valence-corrected chi connectivity index (χ0v) is 16.3. The van der Waals surface area contributed by atoms with Crippen LogP contribution in [0, 0.1) is 12.0 Å². The lowest BCUT2D eigenvalue weighted by molar-refractivity contribution is 0.595. The number of benzene rings is 1. The molecular weight excluding hydrogens is 420 g/mol. The monoisotopic (exact) mass is 430 g/mol. The number of pyridine rings is 1. The van der Waals surface area contributed by atoms with Gasteiger partial charge in [-0.1, -0.05) is 23.2 Å². The van der Waals surface area contributed by atoms with Crippen molar-refractivity contribution in [2.24, 2.45) is 0 Å². The molecule has 0 aliphatic rings. The minimum atomic E-state index is -3.80. The van der Waals surface area contributed by atoms with Crippen molar-refractivity contribution in [3.8, 4) is 0 Å². The molecule has 0 unspecified atom stereocenters. The van der Waals surface area contributed by atoms with E-state index in [2.05, 4.69) is 21.5 Å². The third-order valence-electron chi connectivity index (χ3n) is 3.50. The molecule has 0 bridgehead atoms. The van der Waals surface area contributed by atoms with E-state index in [1.165, 1.54) is 35.8 Å². The van der Waals surface area contributed by atoms with Crippen molar-refractivity contribution < 1.29 is 12.8 Å². The molecule has 0 saturated carbocycles. The maximum Gasteiger partial charge on any atom is 0.235 e. The Labute approximate surface area is 163 Å². The topological polar surface area (TPSA) is 72.0 Å². The second kappa shape index (κ2) is 7.48. The Morgan fingerprint density at radius 3 is 2.73 bits per heavy atom. The summed E-state index contributed by atoms with van der Waals surface area (Å²) >= 11 is 13.0. The normalized spacial score (nSPS) is 12.8. The maximum atomic E-state index is 14.0. The summed E-state index contributed by atoms with van der Waals surface area (Å²) in [5.41, 5.74) is 0.338. The Balaban J connectivity index is 1.88. The predicted molar refractivity (Wildman–Crippen MR) is 99.1 cm³/mol. The average Bonchev–Trinajstić information content (AvgIpc) is 3.14. The van der Waals surface area contributed by atoms with Crippen molar-refractivity contribution >= 4 is 50.2 Å². The number of thiazole rings is 1. The van der Waals surface area contributed by atoms with Gasteiger partial charge in [-0.3, -0.25) is 0 Å². The van der Waals surface area contributed by atoms with Gasteiger partial charge in [0, 0.05) is 22.2 Å². The summed E-state index contributed by atoms with van der Waals surface area (Å²) in [4.78, 5) is 7.66. The van der Waals surface area contributed by atoms with Crippen LogP contribution in [0.1, 0.15) is 18.5 Å². The molecule has 5 nitrogen and oxygen atoms in total. The second-order valence-electron chi connectivity index (χ2n) is 5.28. The van der Waals surface area contributed by atoms with Crippen LogP contribution >= 0.6 is 34.5 Å². The highest BCUT2D eigenvalue weighted by molar-refractivity contribution is 7.93. The van der Waals surface area contributed by atoms with Gasteiger partial charge in [-0.25, -0.2) is 22.8 Å². The third-order valence-corrected chi connectivity index (χ3v) is 6.88. The molecule has 0 aliphatic carbocycles. The summed E-state index contributed by atoms with van der Waals surface area (Å²) in [6, 6.07) is 5.00. The lowest BCUT2D eigenvalue weighted by Gasteiger charge is -2.17. The Kier molecular flexibility index (Phi) is 5.47. The summed E-state index contributed by atoms with van der Waals surface area (Å²) < 4.78 is 38.7. The molecule has 3 aromatic rings. The summed E-state index contributed by atoms with van der Waals surface area (Å²) in [5.74, 6) is -0.201. The van der Waals surface area contributed by atoms with E-state index in [9.17, 15) is 12.8 Å². The quantitative estimate of drug-likeness (QED) is 0.629. The number of hydrogen-bond donors (Lipinski definition) is 1. The summed E-state index contributed by atoms with van der Waals surface area (Å²) in [6.45, 7) is 1.71. The van der Waals surface area contributed by atoms with Crippen LogP contribution in [0.25, 0.3) is 0 Å². The highest BCUT2D eigenvalue weighted by atomic mass is 35.5. The first-order valence-corrected chi connectivity index (χ1v) is 10.3. The SMILES string of the molecule is C[C@H](Nc1ncc(S(=O)(=O)c2n[c]cs2)cc1Cl)c1cc(Cl)ccc1F. The third kappa shape index (κ3) is 3.83. The zero-order valence-electron chi connectivity index (χ0n) is 13.2. The van der Waals surface area contributed by atoms with Crippen LogP contribution in [0.5, 0.6) is 0 Å². The van der Waals surface area contributed by atoms with Crippen LogP contribution in [0.15, 0.2) is 45.1 Å². The fourth-order valence-electron chi connectivity index (χ4n) is 2.21. The number of halogens is 3. The van der Waals surface area contributed by atoms with E-state index < -0.39 is 21.7 Å². The van der Waals surface area contributed by atoms with Gasteiger partial charge < -0.3 is 5.32 Å². The van der Waals surface area contributed by atoms with E-state index in [0.717, 1.165) is 11.3 Å². The number of anilines is 1. The van der Waals surface area contributed by atoms with Crippen LogP contribution in [-0.2, 0) is 9.84 Å². The molecular formula is C16H11Cl2FN3O2S2. The van der Waals surface area contributed by atoms with Crippen molar-refractivity contribution in [3.05, 3.63) is 63.5 Å². The van der Waals surface area contributed by atoms with Crippen molar-refractivity contribution in [2.45, 2.75) is 22.2 Å². The predicted octanol–water partition coefficient (Wildman–Crippen LogP) is 4.79. The van der Waals surface area contributed by atoms with E-state index in [1.54, 1.807) is 6.92 Å². The number of hydrogen-bond acceptors (Lipinski definition) is 6. The smallest absolute Gasteiger partial charge is 0.235 e. The fourth-order valence-corrected chi connectivity index (χ4v) is 4.77. The van der Waals surface area contributed by atoms with E-state index in [4.69, 9.17) is 23.2 Å². The molecule has 0 spiro atoms. The zero-order chi connectivity index (χ0) is 18.9. The van der Waals surface area contributed by atoms with Crippen molar-refractivity contribution in [3.63, 3.8) is 0 Å². The number of sulfone groups is 1. The molecule has 0 saturated heterocycles. The molecule has 2 heterocycles. The molecule has 0 aliphatic heterocycles. The Morgan fingerprint density at radius 2 is 2.08 bits per heavy atom.